The van der Waals surface area contributed by atoms with E-state index in [1.54, 1.807) is 0 Å². The highest BCUT2D eigenvalue weighted by atomic mass is 16.3. The lowest BCUT2D eigenvalue weighted by molar-refractivity contribution is 0.386. The Morgan fingerprint density at radius 1 is 1.57 bits per heavy atom. The van der Waals surface area contributed by atoms with E-state index in [0.29, 0.717) is 5.92 Å². The Kier molecular flexibility index (Phi) is 2.64. The van der Waals surface area contributed by atoms with Crippen molar-refractivity contribution in [2.45, 2.75) is 32.6 Å². The average Bonchev–Trinajstić information content (AvgIpc) is 2.67. The average molecular weight is 193 g/mol. The quantitative estimate of drug-likeness (QED) is 0.797. The minimum atomic E-state index is 0.579. The van der Waals surface area contributed by atoms with Crippen LogP contribution >= 0.6 is 0 Å². The fourth-order valence-electron chi connectivity index (χ4n) is 2.41. The largest absolute Gasteiger partial charge is 0.465 e. The highest BCUT2D eigenvalue weighted by Crippen LogP contribution is 2.39. The zero-order valence-corrected chi connectivity index (χ0v) is 9.26. The Balaban J connectivity index is 2.25. The van der Waals surface area contributed by atoms with Crippen LogP contribution in [-0.4, -0.2) is 13.6 Å². The summed E-state index contributed by atoms with van der Waals surface area (Å²) in [4.78, 5) is 0. The molecule has 1 heterocycles. The fraction of sp³-hybridized carbons (Fsp3) is 0.667. The summed E-state index contributed by atoms with van der Waals surface area (Å²) in [6, 6.07) is 2.24. The zero-order chi connectivity index (χ0) is 10.1. The van der Waals surface area contributed by atoms with Crippen LogP contribution in [0.1, 0.15) is 36.8 Å². The summed E-state index contributed by atoms with van der Waals surface area (Å²) >= 11 is 0. The van der Waals surface area contributed by atoms with Crippen LogP contribution in [0.4, 0.5) is 0 Å². The monoisotopic (exact) mass is 193 g/mol. The highest BCUT2D eigenvalue weighted by molar-refractivity contribution is 5.31. The predicted octanol–water partition coefficient (Wildman–Crippen LogP) is 2.34. The molecule has 2 heteroatoms. The number of fused-ring (bicyclic) bond motifs is 1. The molecule has 0 aliphatic heterocycles. The lowest BCUT2D eigenvalue weighted by Crippen LogP contribution is -2.19. The van der Waals surface area contributed by atoms with Gasteiger partial charge < -0.3 is 9.73 Å². The number of aryl methyl sites for hydroxylation is 1. The van der Waals surface area contributed by atoms with Crippen molar-refractivity contribution in [2.24, 2.45) is 5.92 Å². The Hall–Kier alpha value is -0.760. The van der Waals surface area contributed by atoms with Crippen LogP contribution in [0.3, 0.4) is 0 Å². The zero-order valence-electron chi connectivity index (χ0n) is 9.26. The molecule has 1 aliphatic rings. The third-order valence-corrected chi connectivity index (χ3v) is 3.23. The van der Waals surface area contributed by atoms with Crippen molar-refractivity contribution in [2.75, 3.05) is 13.6 Å². The molecule has 2 rings (SSSR count). The van der Waals surface area contributed by atoms with Gasteiger partial charge in [-0.2, -0.15) is 0 Å². The summed E-state index contributed by atoms with van der Waals surface area (Å²) in [5, 5.41) is 3.25. The minimum absolute atomic E-state index is 0.579. The summed E-state index contributed by atoms with van der Waals surface area (Å²) in [5.74, 6) is 3.68. The van der Waals surface area contributed by atoms with E-state index < -0.39 is 0 Å². The van der Waals surface area contributed by atoms with Gasteiger partial charge in [0.1, 0.15) is 11.5 Å². The molecule has 0 fully saturated rings. The molecular weight excluding hydrogens is 174 g/mol. The maximum absolute atomic E-state index is 5.87. The molecule has 1 aromatic rings. The Bertz CT molecular complexity index is 316. The van der Waals surface area contributed by atoms with Crippen molar-refractivity contribution >= 4 is 0 Å². The van der Waals surface area contributed by atoms with Crippen LogP contribution in [0, 0.1) is 5.92 Å². The number of likely N-dealkylation sites (N-methyl/N-ethyl adjacent to an activating group) is 1. The third kappa shape index (κ3) is 1.48. The van der Waals surface area contributed by atoms with Crippen LogP contribution in [0.2, 0.25) is 0 Å². The lowest BCUT2D eigenvalue weighted by Gasteiger charge is -2.14. The second-order valence-corrected chi connectivity index (χ2v) is 4.30. The standard InChI is InChI=1S/C12H19NO/c1-4-10-6-9-5-8(2)11(7-13-3)12(9)14-10/h6,8,11,13H,4-5,7H2,1-3H3. The molecule has 2 unspecified atom stereocenters. The third-order valence-electron chi connectivity index (χ3n) is 3.23. The van der Waals surface area contributed by atoms with Crippen molar-refractivity contribution in [1.82, 2.24) is 5.32 Å². The van der Waals surface area contributed by atoms with Crippen molar-refractivity contribution in [3.8, 4) is 0 Å². The van der Waals surface area contributed by atoms with E-state index in [2.05, 4.69) is 25.2 Å². The Morgan fingerprint density at radius 2 is 2.36 bits per heavy atom. The first-order chi connectivity index (χ1) is 6.76. The second kappa shape index (κ2) is 3.77. The summed E-state index contributed by atoms with van der Waals surface area (Å²) in [6.07, 6.45) is 2.19. The summed E-state index contributed by atoms with van der Waals surface area (Å²) in [5.41, 5.74) is 1.44. The molecule has 1 aliphatic carbocycles. The Morgan fingerprint density at radius 3 is 3.00 bits per heavy atom. The summed E-state index contributed by atoms with van der Waals surface area (Å²) < 4.78 is 5.87. The minimum Gasteiger partial charge on any atom is -0.465 e. The van der Waals surface area contributed by atoms with Crippen molar-refractivity contribution in [3.05, 3.63) is 23.2 Å². The normalized spacial score (nSPS) is 25.4. The molecule has 0 saturated carbocycles. The van der Waals surface area contributed by atoms with Gasteiger partial charge in [0, 0.05) is 18.9 Å². The Labute approximate surface area is 85.7 Å². The van der Waals surface area contributed by atoms with Gasteiger partial charge in [-0.05, 0) is 31.0 Å². The van der Waals surface area contributed by atoms with Gasteiger partial charge in [-0.15, -0.1) is 0 Å². The molecule has 1 aromatic heterocycles. The number of hydrogen-bond donors (Lipinski definition) is 1. The fourth-order valence-corrected chi connectivity index (χ4v) is 2.41. The molecule has 2 atom stereocenters. The molecule has 1 N–H and O–H groups in total. The summed E-state index contributed by atoms with van der Waals surface area (Å²) in [6.45, 7) is 5.48. The van der Waals surface area contributed by atoms with Gasteiger partial charge in [0.25, 0.3) is 0 Å². The van der Waals surface area contributed by atoms with E-state index in [0.717, 1.165) is 24.6 Å². The van der Waals surface area contributed by atoms with Gasteiger partial charge in [0.15, 0.2) is 0 Å². The van der Waals surface area contributed by atoms with Crippen LogP contribution in [0.25, 0.3) is 0 Å². The molecule has 0 aromatic carbocycles. The van der Waals surface area contributed by atoms with Gasteiger partial charge in [0.05, 0.1) is 0 Å². The molecule has 0 spiro atoms. The van der Waals surface area contributed by atoms with Gasteiger partial charge in [-0.1, -0.05) is 13.8 Å². The molecule has 0 amide bonds. The molecule has 0 radical (unpaired) electrons. The number of nitrogens with one attached hydrogen (secondary N) is 1. The first-order valence-electron chi connectivity index (χ1n) is 5.52. The number of rotatable bonds is 3. The van der Waals surface area contributed by atoms with E-state index in [1.165, 1.54) is 17.7 Å². The maximum Gasteiger partial charge on any atom is 0.112 e. The molecule has 0 bridgehead atoms. The van der Waals surface area contributed by atoms with E-state index in [-0.39, 0.29) is 0 Å². The first-order valence-corrected chi connectivity index (χ1v) is 5.52. The molecule has 2 nitrogen and oxygen atoms in total. The van der Waals surface area contributed by atoms with Crippen LogP contribution in [0.5, 0.6) is 0 Å². The molecule has 0 saturated heterocycles. The van der Waals surface area contributed by atoms with Crippen molar-refractivity contribution in [3.63, 3.8) is 0 Å². The molecular formula is C12H19NO. The van der Waals surface area contributed by atoms with E-state index in [1.807, 2.05) is 7.05 Å². The predicted molar refractivity (Wildman–Crippen MR) is 57.6 cm³/mol. The van der Waals surface area contributed by atoms with Gasteiger partial charge in [0.2, 0.25) is 0 Å². The van der Waals surface area contributed by atoms with E-state index in [9.17, 15) is 0 Å². The van der Waals surface area contributed by atoms with Crippen LogP contribution in [-0.2, 0) is 12.8 Å². The van der Waals surface area contributed by atoms with Gasteiger partial charge in [-0.25, -0.2) is 0 Å². The van der Waals surface area contributed by atoms with Crippen molar-refractivity contribution in [1.29, 1.82) is 0 Å². The lowest BCUT2D eigenvalue weighted by atomic mass is 9.97. The smallest absolute Gasteiger partial charge is 0.112 e. The highest BCUT2D eigenvalue weighted by Gasteiger charge is 2.32. The summed E-state index contributed by atoms with van der Waals surface area (Å²) in [7, 11) is 2.01. The topological polar surface area (TPSA) is 25.2 Å². The number of hydrogen-bond acceptors (Lipinski definition) is 2. The van der Waals surface area contributed by atoms with Crippen LogP contribution in [0.15, 0.2) is 10.5 Å². The maximum atomic E-state index is 5.87. The van der Waals surface area contributed by atoms with Crippen LogP contribution < -0.4 is 5.32 Å². The molecule has 78 valence electrons. The number of furan rings is 1. The van der Waals surface area contributed by atoms with Crippen molar-refractivity contribution < 1.29 is 4.42 Å². The SMILES string of the molecule is CCc1cc2c(o1)C(CNC)C(C)C2. The first kappa shape index (κ1) is 9.78. The molecule has 14 heavy (non-hydrogen) atoms. The van der Waals surface area contributed by atoms with E-state index >= 15 is 0 Å². The van der Waals surface area contributed by atoms with E-state index in [4.69, 9.17) is 4.42 Å². The van der Waals surface area contributed by atoms with Gasteiger partial charge in [-0.3, -0.25) is 0 Å². The second-order valence-electron chi connectivity index (χ2n) is 4.30. The van der Waals surface area contributed by atoms with Gasteiger partial charge >= 0.3 is 0 Å².